The van der Waals surface area contributed by atoms with Gasteiger partial charge >= 0.3 is 0 Å². The van der Waals surface area contributed by atoms with E-state index in [1.165, 1.54) is 31.3 Å². The van der Waals surface area contributed by atoms with Crippen molar-refractivity contribution in [1.29, 1.82) is 0 Å². The van der Waals surface area contributed by atoms with Gasteiger partial charge in [-0.05, 0) is 40.2 Å². The first-order valence-electron chi connectivity index (χ1n) is 7.96. The molecule has 2 aromatic carbocycles. The van der Waals surface area contributed by atoms with Gasteiger partial charge in [-0.1, -0.05) is 53.7 Å². The van der Waals surface area contributed by atoms with Crippen molar-refractivity contribution in [1.82, 2.24) is 0 Å². The van der Waals surface area contributed by atoms with Crippen LogP contribution in [-0.2, 0) is 10.8 Å². The lowest BCUT2D eigenvalue weighted by Crippen LogP contribution is -2.10. The minimum atomic E-state index is 0.196. The van der Waals surface area contributed by atoms with Gasteiger partial charge < -0.3 is 0 Å². The van der Waals surface area contributed by atoms with E-state index < -0.39 is 0 Å². The molecule has 0 spiro atoms. The van der Waals surface area contributed by atoms with E-state index in [2.05, 4.69) is 84.0 Å². The summed E-state index contributed by atoms with van der Waals surface area (Å²) in [6.07, 6.45) is 0. The zero-order valence-corrected chi connectivity index (χ0v) is 15.3. The highest BCUT2D eigenvalue weighted by Crippen LogP contribution is 2.34. The van der Waals surface area contributed by atoms with Crippen LogP contribution >= 0.6 is 11.3 Å². The molecule has 0 amide bonds. The predicted octanol–water partition coefficient (Wildman–Crippen LogP) is 6.93. The molecule has 22 heavy (non-hydrogen) atoms. The first-order valence-corrected chi connectivity index (χ1v) is 8.78. The lowest BCUT2D eigenvalue weighted by Gasteiger charge is -2.19. The predicted molar refractivity (Wildman–Crippen MR) is 101 cm³/mol. The maximum Gasteiger partial charge on any atom is 0.238 e. The quantitative estimate of drug-likeness (QED) is 0.312. The van der Waals surface area contributed by atoms with E-state index in [1.54, 1.807) is 0 Å². The number of rotatable bonds is 0. The van der Waals surface area contributed by atoms with E-state index in [0.717, 1.165) is 0 Å². The van der Waals surface area contributed by atoms with Crippen molar-refractivity contribution in [3.63, 3.8) is 0 Å². The molecule has 1 aromatic heterocycles. The molecule has 0 bridgehead atoms. The average Bonchev–Trinajstić information content (AvgIpc) is 2.41. The molecule has 0 N–H and O–H groups in total. The maximum absolute atomic E-state index is 2.36. The first-order chi connectivity index (χ1) is 10.1. The zero-order valence-electron chi connectivity index (χ0n) is 14.4. The molecule has 0 radical (unpaired) electrons. The Labute approximate surface area is 137 Å². The van der Waals surface area contributed by atoms with E-state index in [-0.39, 0.29) is 10.8 Å². The molecule has 0 saturated heterocycles. The Bertz CT molecular complexity index is 776. The average molecular weight is 309 g/mol. The summed E-state index contributed by atoms with van der Waals surface area (Å²) >= 11 is 1.89. The van der Waals surface area contributed by atoms with Crippen LogP contribution in [-0.4, -0.2) is 0 Å². The van der Waals surface area contributed by atoms with Crippen molar-refractivity contribution in [3.05, 3.63) is 53.6 Å². The van der Waals surface area contributed by atoms with Crippen LogP contribution in [0.15, 0.2) is 42.5 Å². The molecule has 3 rings (SSSR count). The highest BCUT2D eigenvalue weighted by Gasteiger charge is 2.19. The van der Waals surface area contributed by atoms with Crippen LogP contribution in [0.4, 0.5) is 0 Å². The van der Waals surface area contributed by atoms with E-state index in [0.29, 0.717) is 0 Å². The highest BCUT2D eigenvalue weighted by atomic mass is 32.1. The van der Waals surface area contributed by atoms with Crippen LogP contribution in [0.1, 0.15) is 52.7 Å². The molecule has 0 atom stereocenters. The Morgan fingerprint density at radius 3 is 1.36 bits per heavy atom. The van der Waals surface area contributed by atoms with Gasteiger partial charge in [-0.25, -0.2) is 0 Å². The van der Waals surface area contributed by atoms with Crippen molar-refractivity contribution < 1.29 is 0 Å². The maximum atomic E-state index is 2.36. The fourth-order valence-corrected chi connectivity index (χ4v) is 3.71. The molecule has 1 heteroatoms. The van der Waals surface area contributed by atoms with Gasteiger partial charge in [0.05, 0.1) is 0 Å². The lowest BCUT2D eigenvalue weighted by atomic mass is 9.86. The van der Waals surface area contributed by atoms with Crippen molar-refractivity contribution in [2.45, 2.75) is 52.4 Å². The van der Waals surface area contributed by atoms with Gasteiger partial charge in [-0.3, -0.25) is 0 Å². The molecule has 0 unspecified atom stereocenters. The molecular formula is C21H25S+. The van der Waals surface area contributed by atoms with Gasteiger partial charge in [-0.2, -0.15) is 0 Å². The summed E-state index contributed by atoms with van der Waals surface area (Å²) in [6, 6.07) is 16.2. The van der Waals surface area contributed by atoms with Crippen LogP contribution in [0.25, 0.3) is 20.2 Å². The standard InChI is InChI=1S/C21H25S/c1-20(2,3)16-7-9-18-14(12-16)11-15-13-17(21(4,5)6)8-10-19(15)22-18/h7-13H,1-6H3/q+1. The third-order valence-corrected chi connectivity index (χ3v) is 5.47. The normalized spacial score (nSPS) is 13.0. The third kappa shape index (κ3) is 2.87. The first kappa shape index (κ1) is 15.4. The fraction of sp³-hybridized carbons (Fsp3) is 0.381. The van der Waals surface area contributed by atoms with E-state index in [9.17, 15) is 0 Å². The summed E-state index contributed by atoms with van der Waals surface area (Å²) in [6.45, 7) is 13.6. The molecule has 0 saturated carbocycles. The summed E-state index contributed by atoms with van der Waals surface area (Å²) < 4.78 is 2.73. The Morgan fingerprint density at radius 1 is 0.591 bits per heavy atom. The summed E-state index contributed by atoms with van der Waals surface area (Å²) in [5, 5.41) is 2.71. The van der Waals surface area contributed by atoms with Crippen molar-refractivity contribution >= 4 is 31.5 Å². The molecule has 0 aliphatic heterocycles. The van der Waals surface area contributed by atoms with Gasteiger partial charge in [-0.15, -0.1) is 0 Å². The molecule has 0 aliphatic carbocycles. The van der Waals surface area contributed by atoms with Crippen LogP contribution in [0, 0.1) is 0 Å². The van der Waals surface area contributed by atoms with Gasteiger partial charge in [0.25, 0.3) is 0 Å². The van der Waals surface area contributed by atoms with Crippen molar-refractivity contribution in [2.75, 3.05) is 0 Å². The summed E-state index contributed by atoms with van der Waals surface area (Å²) in [4.78, 5) is 0. The van der Waals surface area contributed by atoms with Crippen LogP contribution < -0.4 is 0 Å². The number of hydrogen-bond acceptors (Lipinski definition) is 0. The van der Waals surface area contributed by atoms with E-state index in [4.69, 9.17) is 0 Å². The monoisotopic (exact) mass is 309 g/mol. The molecule has 1 heterocycles. The second-order valence-electron chi connectivity index (χ2n) is 8.25. The Hall–Kier alpha value is -1.47. The molecule has 114 valence electrons. The van der Waals surface area contributed by atoms with Crippen LogP contribution in [0.2, 0.25) is 0 Å². The fourth-order valence-electron chi connectivity index (χ4n) is 2.73. The van der Waals surface area contributed by atoms with Crippen molar-refractivity contribution in [2.24, 2.45) is 0 Å². The second kappa shape index (κ2) is 5.03. The molecule has 0 nitrogen and oxygen atoms in total. The summed E-state index contributed by atoms with van der Waals surface area (Å²) in [5.41, 5.74) is 3.19. The van der Waals surface area contributed by atoms with Crippen molar-refractivity contribution in [3.8, 4) is 0 Å². The summed E-state index contributed by atoms with van der Waals surface area (Å²) in [5.74, 6) is 0. The van der Waals surface area contributed by atoms with Gasteiger partial charge in [0, 0.05) is 22.9 Å². The summed E-state index contributed by atoms with van der Waals surface area (Å²) in [7, 11) is 0. The highest BCUT2D eigenvalue weighted by molar-refractivity contribution is 7.24. The largest absolute Gasteiger partial charge is 0.238 e. The third-order valence-electron chi connectivity index (χ3n) is 4.28. The Kier molecular flexibility index (Phi) is 3.52. The Balaban J connectivity index is 2.24. The van der Waals surface area contributed by atoms with E-state index in [1.807, 2.05) is 11.3 Å². The zero-order chi connectivity index (χ0) is 16.1. The smallest absolute Gasteiger partial charge is 0.0561 e. The number of fused-ring (bicyclic) bond motifs is 2. The van der Waals surface area contributed by atoms with Crippen LogP contribution in [0.3, 0.4) is 0 Å². The SMILES string of the molecule is CC(C)(C)c1ccc2[s+]c3ccc(C(C)(C)C)cc3cc2c1. The molecule has 0 fully saturated rings. The number of benzene rings is 2. The lowest BCUT2D eigenvalue weighted by molar-refractivity contribution is 0.591. The second-order valence-corrected chi connectivity index (χ2v) is 9.34. The molecule has 0 aliphatic rings. The van der Waals surface area contributed by atoms with Crippen LogP contribution in [0.5, 0.6) is 0 Å². The minimum absolute atomic E-state index is 0.196. The van der Waals surface area contributed by atoms with Gasteiger partial charge in [0.1, 0.15) is 0 Å². The molecule has 3 aromatic rings. The van der Waals surface area contributed by atoms with Gasteiger partial charge in [0.15, 0.2) is 0 Å². The van der Waals surface area contributed by atoms with E-state index >= 15 is 0 Å². The van der Waals surface area contributed by atoms with Gasteiger partial charge in [0.2, 0.25) is 20.7 Å². The topological polar surface area (TPSA) is 0 Å². The Morgan fingerprint density at radius 2 is 1.00 bits per heavy atom. The number of hydrogen-bond donors (Lipinski definition) is 0. The molecular weight excluding hydrogens is 284 g/mol. The minimum Gasteiger partial charge on any atom is -0.0561 e.